The number of halogens is 2. The summed E-state index contributed by atoms with van der Waals surface area (Å²) in [6, 6.07) is 11.4. The molecule has 7 nitrogen and oxygen atoms in total. The van der Waals surface area contributed by atoms with Crippen LogP contribution in [-0.2, 0) is 26.2 Å². The third-order valence-corrected chi connectivity index (χ3v) is 8.85. The number of hydrogen-bond donors (Lipinski definition) is 1. The van der Waals surface area contributed by atoms with E-state index in [0.29, 0.717) is 27.7 Å². The van der Waals surface area contributed by atoms with Crippen molar-refractivity contribution in [3.8, 4) is 0 Å². The van der Waals surface area contributed by atoms with Crippen LogP contribution in [0.4, 0.5) is 5.69 Å². The maximum atomic E-state index is 13.9. The Morgan fingerprint density at radius 2 is 1.61 bits per heavy atom. The van der Waals surface area contributed by atoms with Gasteiger partial charge in [0.15, 0.2) is 0 Å². The first kappa shape index (κ1) is 30.3. The zero-order valence-electron chi connectivity index (χ0n) is 22.4. The van der Waals surface area contributed by atoms with E-state index in [4.69, 9.17) is 23.2 Å². The van der Waals surface area contributed by atoms with Crippen LogP contribution in [0, 0.1) is 0 Å². The van der Waals surface area contributed by atoms with Crippen LogP contribution in [0.15, 0.2) is 42.5 Å². The standard InChI is InChI=1S/C28H37Cl2N3O4S/c1-5-26(28(35)31-21-9-6-7-10-21)32(17-23-24(29)11-8-12-25(23)30)27(34)18-33(38(4,36)37)22-15-13-20(14-16-22)19(2)3/h8,11-16,19,21,26H,5-7,9-10,17-18H2,1-4H3,(H,31,35). The number of carbonyl (C=O) groups excluding carboxylic acids is 2. The molecule has 1 atom stereocenters. The number of rotatable bonds is 11. The van der Waals surface area contributed by atoms with Gasteiger partial charge in [-0.25, -0.2) is 8.42 Å². The topological polar surface area (TPSA) is 86.8 Å². The summed E-state index contributed by atoms with van der Waals surface area (Å²) < 4.78 is 26.7. The van der Waals surface area contributed by atoms with E-state index < -0.39 is 28.5 Å². The highest BCUT2D eigenvalue weighted by molar-refractivity contribution is 7.92. The van der Waals surface area contributed by atoms with Gasteiger partial charge in [0, 0.05) is 28.2 Å². The molecule has 0 aromatic heterocycles. The fourth-order valence-electron chi connectivity index (χ4n) is 4.78. The molecule has 3 rings (SSSR count). The molecular weight excluding hydrogens is 545 g/mol. The van der Waals surface area contributed by atoms with Crippen molar-refractivity contribution in [1.29, 1.82) is 0 Å². The molecule has 1 fully saturated rings. The van der Waals surface area contributed by atoms with Crippen LogP contribution in [-0.4, -0.2) is 50.0 Å². The van der Waals surface area contributed by atoms with Gasteiger partial charge < -0.3 is 10.2 Å². The van der Waals surface area contributed by atoms with Gasteiger partial charge in [-0.1, -0.05) is 75.0 Å². The Morgan fingerprint density at radius 1 is 1.03 bits per heavy atom. The van der Waals surface area contributed by atoms with E-state index in [1.807, 2.05) is 32.9 Å². The number of sulfonamides is 1. The predicted octanol–water partition coefficient (Wildman–Crippen LogP) is 5.75. The zero-order chi connectivity index (χ0) is 28.0. The lowest BCUT2D eigenvalue weighted by molar-refractivity contribution is -0.140. The van der Waals surface area contributed by atoms with E-state index in [0.717, 1.165) is 41.8 Å². The maximum absolute atomic E-state index is 13.9. The minimum Gasteiger partial charge on any atom is -0.352 e. The van der Waals surface area contributed by atoms with Crippen molar-refractivity contribution in [2.45, 2.75) is 77.4 Å². The average Bonchev–Trinajstić information content (AvgIpc) is 3.36. The summed E-state index contributed by atoms with van der Waals surface area (Å²) in [7, 11) is -3.81. The molecule has 0 spiro atoms. The number of amides is 2. The number of nitrogens with zero attached hydrogens (tertiary/aromatic N) is 2. The van der Waals surface area contributed by atoms with Crippen molar-refractivity contribution >= 4 is 50.7 Å². The molecule has 38 heavy (non-hydrogen) atoms. The number of benzene rings is 2. The molecule has 2 aromatic rings. The Labute approximate surface area is 236 Å². The quantitative estimate of drug-likeness (QED) is 0.366. The van der Waals surface area contributed by atoms with Crippen LogP contribution in [0.25, 0.3) is 0 Å². The fraction of sp³-hybridized carbons (Fsp3) is 0.500. The Bertz CT molecular complexity index is 1210. The summed E-state index contributed by atoms with van der Waals surface area (Å²) >= 11 is 12.9. The number of carbonyl (C=O) groups is 2. The molecule has 1 unspecified atom stereocenters. The largest absolute Gasteiger partial charge is 0.352 e. The van der Waals surface area contributed by atoms with E-state index in [9.17, 15) is 18.0 Å². The third kappa shape index (κ3) is 7.64. The van der Waals surface area contributed by atoms with Gasteiger partial charge in [0.1, 0.15) is 12.6 Å². The van der Waals surface area contributed by atoms with Gasteiger partial charge in [0.25, 0.3) is 0 Å². The molecule has 1 aliphatic rings. The van der Waals surface area contributed by atoms with Crippen molar-refractivity contribution in [3.63, 3.8) is 0 Å². The lowest BCUT2D eigenvalue weighted by atomic mass is 10.0. The monoisotopic (exact) mass is 581 g/mol. The lowest BCUT2D eigenvalue weighted by Gasteiger charge is -2.33. The molecule has 10 heteroatoms. The highest BCUT2D eigenvalue weighted by Gasteiger charge is 2.33. The highest BCUT2D eigenvalue weighted by Crippen LogP contribution is 2.28. The van der Waals surface area contributed by atoms with Crippen LogP contribution in [0.1, 0.15) is 69.9 Å². The number of nitrogens with one attached hydrogen (secondary N) is 1. The fourth-order valence-corrected chi connectivity index (χ4v) is 6.15. The zero-order valence-corrected chi connectivity index (χ0v) is 24.7. The molecule has 1 N–H and O–H groups in total. The third-order valence-electron chi connectivity index (χ3n) is 7.00. The van der Waals surface area contributed by atoms with Gasteiger partial charge in [0.2, 0.25) is 21.8 Å². The van der Waals surface area contributed by atoms with Crippen molar-refractivity contribution in [2.24, 2.45) is 0 Å². The van der Waals surface area contributed by atoms with Crippen molar-refractivity contribution < 1.29 is 18.0 Å². The molecule has 0 heterocycles. The molecule has 1 aliphatic carbocycles. The predicted molar refractivity (Wildman–Crippen MR) is 154 cm³/mol. The maximum Gasteiger partial charge on any atom is 0.244 e. The van der Waals surface area contributed by atoms with E-state index in [1.165, 1.54) is 4.90 Å². The summed E-state index contributed by atoms with van der Waals surface area (Å²) in [6.45, 7) is 5.43. The number of anilines is 1. The summed E-state index contributed by atoms with van der Waals surface area (Å²) in [5.41, 5.74) is 1.94. The molecule has 208 valence electrons. The summed E-state index contributed by atoms with van der Waals surface area (Å²) in [6.07, 6.45) is 5.32. The summed E-state index contributed by atoms with van der Waals surface area (Å²) in [5, 5.41) is 3.81. The first-order chi connectivity index (χ1) is 17.9. The van der Waals surface area contributed by atoms with Gasteiger partial charge in [-0.2, -0.15) is 0 Å². The molecule has 1 saturated carbocycles. The SMILES string of the molecule is CCC(C(=O)NC1CCCC1)N(Cc1c(Cl)cccc1Cl)C(=O)CN(c1ccc(C(C)C)cc1)S(C)(=O)=O. The van der Waals surface area contributed by atoms with Gasteiger partial charge in [-0.05, 0) is 55.0 Å². The second-order valence-corrected chi connectivity index (χ2v) is 12.9. The average molecular weight is 583 g/mol. The number of hydrogen-bond acceptors (Lipinski definition) is 4. The second kappa shape index (κ2) is 13.2. The molecule has 0 radical (unpaired) electrons. The van der Waals surface area contributed by atoms with Gasteiger partial charge in [-0.15, -0.1) is 0 Å². The minimum atomic E-state index is -3.81. The van der Waals surface area contributed by atoms with Crippen LogP contribution in [0.5, 0.6) is 0 Å². The molecule has 0 aliphatic heterocycles. The summed E-state index contributed by atoms with van der Waals surface area (Å²) in [5.74, 6) is -0.507. The molecule has 2 amide bonds. The van der Waals surface area contributed by atoms with Crippen molar-refractivity contribution in [3.05, 3.63) is 63.6 Å². The first-order valence-electron chi connectivity index (χ1n) is 13.0. The van der Waals surface area contributed by atoms with Crippen molar-refractivity contribution in [2.75, 3.05) is 17.1 Å². The van der Waals surface area contributed by atoms with E-state index in [-0.39, 0.29) is 24.4 Å². The Balaban J connectivity index is 1.96. The van der Waals surface area contributed by atoms with Crippen LogP contribution in [0.3, 0.4) is 0 Å². The normalized spacial score (nSPS) is 14.9. The Kier molecular flexibility index (Phi) is 10.5. The van der Waals surface area contributed by atoms with E-state index in [1.54, 1.807) is 30.3 Å². The van der Waals surface area contributed by atoms with Crippen LogP contribution in [0.2, 0.25) is 10.0 Å². The highest BCUT2D eigenvalue weighted by atomic mass is 35.5. The molecule has 2 aromatic carbocycles. The van der Waals surface area contributed by atoms with E-state index in [2.05, 4.69) is 5.32 Å². The first-order valence-corrected chi connectivity index (χ1v) is 15.6. The van der Waals surface area contributed by atoms with Crippen LogP contribution >= 0.6 is 23.2 Å². The molecule has 0 saturated heterocycles. The molecule has 0 bridgehead atoms. The van der Waals surface area contributed by atoms with Crippen LogP contribution < -0.4 is 9.62 Å². The Morgan fingerprint density at radius 3 is 2.11 bits per heavy atom. The molecular formula is C28H37Cl2N3O4S. The minimum absolute atomic E-state index is 0.0299. The Hall–Kier alpha value is -2.29. The van der Waals surface area contributed by atoms with Gasteiger partial charge in [-0.3, -0.25) is 13.9 Å². The summed E-state index contributed by atoms with van der Waals surface area (Å²) in [4.78, 5) is 28.7. The van der Waals surface area contributed by atoms with Gasteiger partial charge in [0.05, 0.1) is 11.9 Å². The van der Waals surface area contributed by atoms with Gasteiger partial charge >= 0.3 is 0 Å². The van der Waals surface area contributed by atoms with E-state index >= 15 is 0 Å². The second-order valence-electron chi connectivity index (χ2n) is 10.2. The smallest absolute Gasteiger partial charge is 0.244 e. The lowest BCUT2D eigenvalue weighted by Crippen LogP contribution is -2.53. The van der Waals surface area contributed by atoms with Crippen molar-refractivity contribution in [1.82, 2.24) is 10.2 Å².